The number of rotatable bonds is 6. The SMILES string of the molecule is CC(O)CN(C)c1cc(N(C)CC(C)O)c2ccncc2n1. The van der Waals surface area contributed by atoms with Crippen LogP contribution in [0, 0.1) is 0 Å². The summed E-state index contributed by atoms with van der Waals surface area (Å²) in [6, 6.07) is 3.90. The third-order valence-electron chi connectivity index (χ3n) is 3.46. The molecule has 0 saturated heterocycles. The Morgan fingerprint density at radius 3 is 2.36 bits per heavy atom. The summed E-state index contributed by atoms with van der Waals surface area (Å²) in [5.74, 6) is 0.772. The molecule has 0 saturated carbocycles. The van der Waals surface area contributed by atoms with Gasteiger partial charge in [-0.15, -0.1) is 0 Å². The average molecular weight is 304 g/mol. The Morgan fingerprint density at radius 2 is 1.73 bits per heavy atom. The van der Waals surface area contributed by atoms with E-state index in [4.69, 9.17) is 0 Å². The fraction of sp³-hybridized carbons (Fsp3) is 0.500. The number of nitrogens with zero attached hydrogens (tertiary/aromatic N) is 4. The first-order valence-corrected chi connectivity index (χ1v) is 7.41. The summed E-state index contributed by atoms with van der Waals surface area (Å²) in [5.41, 5.74) is 1.78. The monoisotopic (exact) mass is 304 g/mol. The van der Waals surface area contributed by atoms with Crippen molar-refractivity contribution in [3.05, 3.63) is 24.5 Å². The van der Waals surface area contributed by atoms with E-state index in [1.807, 2.05) is 36.0 Å². The third-order valence-corrected chi connectivity index (χ3v) is 3.46. The Morgan fingerprint density at radius 1 is 1.09 bits per heavy atom. The molecular weight excluding hydrogens is 280 g/mol. The van der Waals surface area contributed by atoms with Crippen molar-refractivity contribution in [3.63, 3.8) is 0 Å². The highest BCUT2D eigenvalue weighted by molar-refractivity contribution is 5.93. The second kappa shape index (κ2) is 6.89. The summed E-state index contributed by atoms with van der Waals surface area (Å²) in [6.07, 6.45) is 2.61. The van der Waals surface area contributed by atoms with Crippen molar-refractivity contribution < 1.29 is 10.2 Å². The van der Waals surface area contributed by atoms with Gasteiger partial charge in [-0.1, -0.05) is 0 Å². The molecule has 2 rings (SSSR count). The van der Waals surface area contributed by atoms with Crippen LogP contribution < -0.4 is 9.80 Å². The number of likely N-dealkylation sites (N-methyl/N-ethyl adjacent to an activating group) is 2. The van der Waals surface area contributed by atoms with Crippen molar-refractivity contribution in [2.45, 2.75) is 26.1 Å². The first-order chi connectivity index (χ1) is 10.4. The highest BCUT2D eigenvalue weighted by Crippen LogP contribution is 2.28. The van der Waals surface area contributed by atoms with E-state index in [1.54, 1.807) is 26.2 Å². The Balaban J connectivity index is 2.47. The van der Waals surface area contributed by atoms with Crippen LogP contribution in [0.4, 0.5) is 11.5 Å². The molecule has 0 aliphatic carbocycles. The van der Waals surface area contributed by atoms with E-state index in [1.165, 1.54) is 0 Å². The molecule has 0 bridgehead atoms. The van der Waals surface area contributed by atoms with Crippen molar-refractivity contribution in [2.75, 3.05) is 37.0 Å². The summed E-state index contributed by atoms with van der Waals surface area (Å²) >= 11 is 0. The highest BCUT2D eigenvalue weighted by atomic mass is 16.3. The molecule has 0 aliphatic rings. The van der Waals surface area contributed by atoms with Crippen molar-refractivity contribution in [2.24, 2.45) is 0 Å². The van der Waals surface area contributed by atoms with Gasteiger partial charge in [0.15, 0.2) is 0 Å². The lowest BCUT2D eigenvalue weighted by Crippen LogP contribution is -2.29. The summed E-state index contributed by atoms with van der Waals surface area (Å²) in [4.78, 5) is 12.7. The second-order valence-corrected chi connectivity index (χ2v) is 5.85. The number of aliphatic hydroxyl groups is 2. The minimum atomic E-state index is -0.435. The Bertz CT molecular complexity index is 631. The lowest BCUT2D eigenvalue weighted by Gasteiger charge is -2.26. The van der Waals surface area contributed by atoms with Gasteiger partial charge in [-0.05, 0) is 19.9 Å². The van der Waals surface area contributed by atoms with Gasteiger partial charge in [0.05, 0.1) is 23.9 Å². The minimum absolute atomic E-state index is 0.423. The maximum absolute atomic E-state index is 9.64. The largest absolute Gasteiger partial charge is 0.392 e. The smallest absolute Gasteiger partial charge is 0.131 e. The zero-order valence-electron chi connectivity index (χ0n) is 13.6. The molecule has 2 heterocycles. The van der Waals surface area contributed by atoms with E-state index in [9.17, 15) is 10.2 Å². The Hall–Kier alpha value is -1.92. The maximum atomic E-state index is 9.64. The van der Waals surface area contributed by atoms with Crippen LogP contribution in [0.15, 0.2) is 24.5 Å². The van der Waals surface area contributed by atoms with Crippen molar-refractivity contribution >= 4 is 22.4 Å². The summed E-state index contributed by atoms with van der Waals surface area (Å²) in [7, 11) is 3.84. The van der Waals surface area contributed by atoms with E-state index >= 15 is 0 Å². The maximum Gasteiger partial charge on any atom is 0.131 e. The van der Waals surface area contributed by atoms with Gasteiger partial charge in [-0.3, -0.25) is 4.98 Å². The molecule has 2 aromatic heterocycles. The third kappa shape index (κ3) is 3.84. The van der Waals surface area contributed by atoms with Crippen LogP contribution >= 0.6 is 0 Å². The normalized spacial score (nSPS) is 13.9. The van der Waals surface area contributed by atoms with Crippen molar-refractivity contribution in [1.82, 2.24) is 9.97 Å². The Kier molecular flexibility index (Phi) is 5.15. The molecule has 6 heteroatoms. The predicted octanol–water partition coefficient (Wildman–Crippen LogP) is 1.26. The van der Waals surface area contributed by atoms with E-state index in [0.29, 0.717) is 13.1 Å². The fourth-order valence-corrected chi connectivity index (χ4v) is 2.54. The van der Waals surface area contributed by atoms with Crippen LogP contribution in [-0.2, 0) is 0 Å². The molecule has 22 heavy (non-hydrogen) atoms. The van der Waals surface area contributed by atoms with Gasteiger partial charge in [0.25, 0.3) is 0 Å². The van der Waals surface area contributed by atoms with Gasteiger partial charge in [0.1, 0.15) is 5.82 Å². The van der Waals surface area contributed by atoms with Crippen LogP contribution in [0.25, 0.3) is 10.9 Å². The van der Waals surface area contributed by atoms with E-state index in [-0.39, 0.29) is 0 Å². The minimum Gasteiger partial charge on any atom is -0.392 e. The molecule has 0 spiro atoms. The number of aromatic nitrogens is 2. The summed E-state index contributed by atoms with van der Waals surface area (Å²) < 4.78 is 0. The predicted molar refractivity (Wildman–Crippen MR) is 89.4 cm³/mol. The van der Waals surface area contributed by atoms with Crippen LogP contribution in [0.1, 0.15) is 13.8 Å². The zero-order chi connectivity index (χ0) is 16.3. The molecule has 2 N–H and O–H groups in total. The average Bonchev–Trinajstić information content (AvgIpc) is 2.44. The van der Waals surface area contributed by atoms with E-state index in [0.717, 1.165) is 22.4 Å². The van der Waals surface area contributed by atoms with Crippen LogP contribution in [-0.4, -0.2) is 59.6 Å². The number of aliphatic hydroxyl groups excluding tert-OH is 2. The lowest BCUT2D eigenvalue weighted by molar-refractivity contribution is 0.201. The number of hydrogen-bond acceptors (Lipinski definition) is 6. The van der Waals surface area contributed by atoms with E-state index in [2.05, 4.69) is 9.97 Å². The molecule has 2 atom stereocenters. The van der Waals surface area contributed by atoms with Gasteiger partial charge < -0.3 is 20.0 Å². The summed E-state index contributed by atoms with van der Waals surface area (Å²) in [5, 5.41) is 20.2. The van der Waals surface area contributed by atoms with Gasteiger partial charge in [0, 0.05) is 50.5 Å². The lowest BCUT2D eigenvalue weighted by atomic mass is 10.2. The van der Waals surface area contributed by atoms with Crippen LogP contribution in [0.5, 0.6) is 0 Å². The quantitative estimate of drug-likeness (QED) is 0.837. The molecule has 0 aliphatic heterocycles. The van der Waals surface area contributed by atoms with Crippen molar-refractivity contribution in [1.29, 1.82) is 0 Å². The number of hydrogen-bond donors (Lipinski definition) is 2. The molecule has 2 aromatic rings. The molecule has 0 radical (unpaired) electrons. The van der Waals surface area contributed by atoms with E-state index < -0.39 is 12.2 Å². The molecule has 0 fully saturated rings. The van der Waals surface area contributed by atoms with Gasteiger partial charge >= 0.3 is 0 Å². The number of pyridine rings is 2. The molecule has 6 nitrogen and oxygen atoms in total. The second-order valence-electron chi connectivity index (χ2n) is 5.85. The van der Waals surface area contributed by atoms with Crippen molar-refractivity contribution in [3.8, 4) is 0 Å². The standard InChI is InChI=1S/C16H24N4O2/c1-11(21)9-19(3)15-7-16(20(4)10-12(2)22)18-14-8-17-6-5-13(14)15/h5-8,11-12,21-22H,9-10H2,1-4H3. The number of anilines is 2. The van der Waals surface area contributed by atoms with Gasteiger partial charge in [0.2, 0.25) is 0 Å². The first kappa shape index (κ1) is 16.5. The zero-order valence-corrected chi connectivity index (χ0v) is 13.6. The van der Waals surface area contributed by atoms with Gasteiger partial charge in [-0.25, -0.2) is 4.98 Å². The molecule has 0 aromatic carbocycles. The molecule has 0 amide bonds. The molecule has 120 valence electrons. The molecule has 2 unspecified atom stereocenters. The summed E-state index contributed by atoms with van der Waals surface area (Å²) in [6.45, 7) is 4.54. The Labute approximate surface area is 131 Å². The number of fused-ring (bicyclic) bond motifs is 1. The topological polar surface area (TPSA) is 72.7 Å². The van der Waals surface area contributed by atoms with Crippen LogP contribution in [0.2, 0.25) is 0 Å². The molecular formula is C16H24N4O2. The highest BCUT2D eigenvalue weighted by Gasteiger charge is 2.14. The van der Waals surface area contributed by atoms with Crippen LogP contribution in [0.3, 0.4) is 0 Å². The fourth-order valence-electron chi connectivity index (χ4n) is 2.54. The van der Waals surface area contributed by atoms with Gasteiger partial charge in [-0.2, -0.15) is 0 Å². The first-order valence-electron chi connectivity index (χ1n) is 7.41.